The molecule has 0 aromatic rings. The van der Waals surface area contributed by atoms with Crippen LogP contribution in [0, 0.1) is 0 Å². The number of carbonyl (C=O) groups is 1. The number of quaternary nitrogens is 1. The van der Waals surface area contributed by atoms with Crippen LogP contribution < -0.4 is 4.89 Å². The van der Waals surface area contributed by atoms with Gasteiger partial charge in [-0.05, 0) is 6.92 Å². The number of esters is 1. The van der Waals surface area contributed by atoms with E-state index in [2.05, 4.69) is 6.58 Å². The first kappa shape index (κ1) is 19.2. The predicted molar refractivity (Wildman–Crippen MR) is 77.9 cm³/mol. The van der Waals surface area contributed by atoms with Crippen molar-refractivity contribution in [2.75, 3.05) is 40.9 Å². The van der Waals surface area contributed by atoms with Crippen molar-refractivity contribution in [3.8, 4) is 0 Å². The maximum Gasteiger partial charge on any atom is 0.333 e. The first-order valence-corrected chi connectivity index (χ1v) is 7.63. The molecule has 0 amide bonds. The summed E-state index contributed by atoms with van der Waals surface area (Å²) in [5, 5.41) is 9.78. The maximum absolute atomic E-state index is 12.0. The molecule has 20 heavy (non-hydrogen) atoms. The number of rotatable bonds is 8. The molecular formula is C13H25NO5P+. The fourth-order valence-corrected chi connectivity index (χ4v) is 2.47. The van der Waals surface area contributed by atoms with Crippen LogP contribution in [-0.4, -0.2) is 67.8 Å². The van der Waals surface area contributed by atoms with Crippen LogP contribution in [0.4, 0.5) is 0 Å². The molecule has 0 spiro atoms. The molecule has 0 aliphatic heterocycles. The Morgan fingerprint density at radius 1 is 1.40 bits per heavy atom. The number of likely N-dealkylation sites (N-methyl/N-ethyl adjacent to an activating group) is 1. The summed E-state index contributed by atoms with van der Waals surface area (Å²) in [6.07, 6.45) is 0. The molecule has 0 heterocycles. The molecule has 6 nitrogen and oxygen atoms in total. The summed E-state index contributed by atoms with van der Waals surface area (Å²) < 4.78 is 10.6. The molecule has 0 aromatic carbocycles. The molecule has 7 heteroatoms. The van der Waals surface area contributed by atoms with Gasteiger partial charge in [0.2, 0.25) is 5.85 Å². The third-order valence-corrected chi connectivity index (χ3v) is 3.68. The zero-order chi connectivity index (χ0) is 15.9. The smallest absolute Gasteiger partial charge is 0.333 e. The fraction of sp³-hybridized carbons (Fsp3) is 0.692. The molecule has 0 aromatic heterocycles. The van der Waals surface area contributed by atoms with E-state index in [0.29, 0.717) is 16.6 Å². The summed E-state index contributed by atoms with van der Waals surface area (Å²) in [4.78, 5) is 23.1. The topological polar surface area (TPSA) is 78.8 Å². The lowest BCUT2D eigenvalue weighted by molar-refractivity contribution is -0.861. The Morgan fingerprint density at radius 2 is 1.95 bits per heavy atom. The summed E-state index contributed by atoms with van der Waals surface area (Å²) in [6.45, 7) is 7.11. The molecule has 0 aliphatic carbocycles. The molecule has 0 bridgehead atoms. The molecular weight excluding hydrogens is 281 g/mol. The number of nitrogens with zero attached hydrogens (tertiary/aromatic N) is 1. The summed E-state index contributed by atoms with van der Waals surface area (Å²) in [7, 11) is 3.69. The molecule has 2 atom stereocenters. The maximum atomic E-state index is 12.0. The Labute approximate surface area is 121 Å². The van der Waals surface area contributed by atoms with E-state index in [4.69, 9.17) is 9.47 Å². The molecule has 116 valence electrons. The molecule has 0 saturated carbocycles. The van der Waals surface area contributed by atoms with Gasteiger partial charge in [0.05, 0.1) is 27.7 Å². The van der Waals surface area contributed by atoms with Gasteiger partial charge in [0, 0.05) is 12.5 Å². The van der Waals surface area contributed by atoms with E-state index in [1.54, 1.807) is 13.8 Å². The van der Waals surface area contributed by atoms with Gasteiger partial charge >= 0.3 is 5.97 Å². The molecule has 0 saturated heterocycles. The van der Waals surface area contributed by atoms with Crippen LogP contribution in [-0.2, 0) is 14.3 Å². The zero-order valence-electron chi connectivity index (χ0n) is 12.9. The largest absolute Gasteiger partial charge is 0.626 e. The van der Waals surface area contributed by atoms with Gasteiger partial charge in [-0.15, -0.1) is 0 Å². The quantitative estimate of drug-likeness (QED) is 0.231. The second kappa shape index (κ2) is 8.49. The van der Waals surface area contributed by atoms with E-state index in [1.165, 1.54) is 0 Å². The van der Waals surface area contributed by atoms with Crippen molar-refractivity contribution < 1.29 is 28.8 Å². The van der Waals surface area contributed by atoms with Crippen molar-refractivity contribution in [1.29, 1.82) is 0 Å². The van der Waals surface area contributed by atoms with Crippen molar-refractivity contribution in [3.63, 3.8) is 0 Å². The first-order chi connectivity index (χ1) is 9.04. The Bertz CT molecular complexity index is 387. The molecule has 0 radical (unpaired) electrons. The summed E-state index contributed by atoms with van der Waals surface area (Å²) in [5.41, 5.74) is 0.247. The number of hydrogen-bond donors (Lipinski definition) is 1. The molecule has 1 N–H and O–H groups in total. The number of aliphatic hydroxyl groups excluding tert-OH is 1. The molecule has 0 aliphatic rings. The van der Waals surface area contributed by atoms with Gasteiger partial charge in [-0.1, -0.05) is 6.58 Å². The highest BCUT2D eigenvalue weighted by molar-refractivity contribution is 7.51. The number of ether oxygens (including phenoxy) is 2. The normalized spacial score (nSPS) is 14.6. The third kappa shape index (κ3) is 8.40. The van der Waals surface area contributed by atoms with Crippen LogP contribution in [0.15, 0.2) is 12.2 Å². The molecule has 0 rings (SSSR count). The number of carbonyl (C=O) groups excluding carboxylic acids is 1. The average Bonchev–Trinajstić information content (AvgIpc) is 2.30. The van der Waals surface area contributed by atoms with E-state index < -0.39 is 19.6 Å². The molecule has 2 unspecified atom stereocenters. The number of aliphatic hydroxyl groups is 1. The van der Waals surface area contributed by atoms with E-state index in [1.807, 2.05) is 21.1 Å². The van der Waals surface area contributed by atoms with Crippen molar-refractivity contribution in [3.05, 3.63) is 12.2 Å². The van der Waals surface area contributed by atoms with Crippen LogP contribution in [0.5, 0.6) is 0 Å². The van der Waals surface area contributed by atoms with Crippen molar-refractivity contribution in [2.24, 2.45) is 0 Å². The first-order valence-electron chi connectivity index (χ1n) is 6.30. The summed E-state index contributed by atoms with van der Waals surface area (Å²) in [5.74, 6) is -1.11. The van der Waals surface area contributed by atoms with Gasteiger partial charge in [-0.2, -0.15) is 0 Å². The number of hydrogen-bond acceptors (Lipinski definition) is 4. The lowest BCUT2D eigenvalue weighted by Crippen LogP contribution is -2.40. The van der Waals surface area contributed by atoms with E-state index >= 15 is 0 Å². The minimum Gasteiger partial charge on any atom is -0.626 e. The lowest BCUT2D eigenvalue weighted by atomic mass is 10.4. The van der Waals surface area contributed by atoms with Gasteiger partial charge in [0.1, 0.15) is 14.4 Å². The zero-order valence-corrected chi connectivity index (χ0v) is 13.8. The average molecular weight is 306 g/mol. The lowest BCUT2D eigenvalue weighted by Gasteiger charge is -2.22. The SMILES string of the molecule is C=C(C)C(=O)OCCOC(C)/[P+]([O-])=C(\O)C[N+](C)(C)C. The Morgan fingerprint density at radius 3 is 2.40 bits per heavy atom. The van der Waals surface area contributed by atoms with E-state index in [-0.39, 0.29) is 18.7 Å². The Kier molecular flexibility index (Phi) is 8.16. The predicted octanol–water partition coefficient (Wildman–Crippen LogP) is 0.434. The van der Waals surface area contributed by atoms with Gasteiger partial charge in [0.25, 0.3) is 5.48 Å². The second-order valence-electron chi connectivity index (χ2n) is 5.58. The molecule has 0 fully saturated rings. The standard InChI is InChI=1S/C13H24NO5P/c1-10(2)13(16)19-8-7-18-11(3)20(17)12(15)9-14(4,5)6/h11H,1,7-9H2,2-6H3/p+1. The van der Waals surface area contributed by atoms with Crippen LogP contribution in [0.3, 0.4) is 0 Å². The monoisotopic (exact) mass is 306 g/mol. The van der Waals surface area contributed by atoms with Gasteiger partial charge < -0.3 is 24.0 Å². The highest BCUT2D eigenvalue weighted by atomic mass is 31.1. The summed E-state index contributed by atoms with van der Waals surface area (Å²) in [6, 6.07) is 0. The van der Waals surface area contributed by atoms with Crippen molar-refractivity contribution in [1.82, 2.24) is 0 Å². The van der Waals surface area contributed by atoms with Crippen LogP contribution in [0.1, 0.15) is 13.8 Å². The van der Waals surface area contributed by atoms with Gasteiger partial charge in [-0.3, -0.25) is 0 Å². The fourth-order valence-electron chi connectivity index (χ4n) is 1.25. The van der Waals surface area contributed by atoms with Crippen LogP contribution >= 0.6 is 7.77 Å². The van der Waals surface area contributed by atoms with Crippen molar-refractivity contribution in [2.45, 2.75) is 19.7 Å². The van der Waals surface area contributed by atoms with Gasteiger partial charge in [0.15, 0.2) is 6.54 Å². The van der Waals surface area contributed by atoms with Crippen LogP contribution in [0.2, 0.25) is 0 Å². The van der Waals surface area contributed by atoms with E-state index in [0.717, 1.165) is 0 Å². The minimum atomic E-state index is -1.99. The van der Waals surface area contributed by atoms with E-state index in [9.17, 15) is 14.8 Å². The summed E-state index contributed by atoms with van der Waals surface area (Å²) >= 11 is 0. The van der Waals surface area contributed by atoms with Crippen molar-refractivity contribution >= 4 is 19.2 Å². The highest BCUT2D eigenvalue weighted by Crippen LogP contribution is 2.22. The van der Waals surface area contributed by atoms with Gasteiger partial charge in [-0.25, -0.2) is 4.79 Å². The van der Waals surface area contributed by atoms with Crippen LogP contribution in [0.25, 0.3) is 0 Å². The minimum absolute atomic E-state index is 0.0648. The Hall–Kier alpha value is -0.780. The highest BCUT2D eigenvalue weighted by Gasteiger charge is 2.22. The second-order valence-corrected chi connectivity index (χ2v) is 7.47. The Balaban J connectivity index is 4.20. The third-order valence-electron chi connectivity index (χ3n) is 2.22.